The van der Waals surface area contributed by atoms with Crippen molar-refractivity contribution < 1.29 is 9.47 Å². The number of methoxy groups -OCH3 is 1. The lowest BCUT2D eigenvalue weighted by Gasteiger charge is -2.15. The zero-order chi connectivity index (χ0) is 15.1. The van der Waals surface area contributed by atoms with Crippen LogP contribution in [0.2, 0.25) is 0 Å². The van der Waals surface area contributed by atoms with Crippen molar-refractivity contribution in [3.05, 3.63) is 58.5 Å². The van der Waals surface area contributed by atoms with Crippen LogP contribution in [0, 0.1) is 0 Å². The lowest BCUT2D eigenvalue weighted by molar-refractivity contribution is 0.275. The Labute approximate surface area is 124 Å². The van der Waals surface area contributed by atoms with Crippen LogP contribution < -0.4 is 20.3 Å². The Morgan fingerprint density at radius 1 is 1.19 bits per heavy atom. The van der Waals surface area contributed by atoms with Gasteiger partial charge in [-0.3, -0.25) is 4.79 Å². The lowest BCUT2D eigenvalue weighted by atomic mass is 10.2. The zero-order valence-electron chi connectivity index (χ0n) is 12.3. The average Bonchev–Trinajstić information content (AvgIpc) is 2.50. The molecule has 0 fully saturated rings. The molecule has 1 N–H and O–H groups in total. The van der Waals surface area contributed by atoms with Crippen LogP contribution in [0.4, 0.5) is 0 Å². The maximum atomic E-state index is 11.6. The molecule has 2 rings (SSSR count). The highest BCUT2D eigenvalue weighted by molar-refractivity contribution is 5.46. The third-order valence-corrected chi connectivity index (χ3v) is 3.13. The minimum atomic E-state index is -0.0309. The first-order chi connectivity index (χ1) is 10.3. The molecule has 5 nitrogen and oxygen atoms in total. The van der Waals surface area contributed by atoms with Gasteiger partial charge < -0.3 is 19.4 Å². The molecule has 0 aliphatic heterocycles. The monoisotopic (exact) mass is 288 g/mol. The molecule has 21 heavy (non-hydrogen) atoms. The number of rotatable bonds is 7. The van der Waals surface area contributed by atoms with Gasteiger partial charge in [0.25, 0.3) is 5.56 Å². The molecule has 0 radical (unpaired) electrons. The Bertz CT molecular complexity index is 637. The molecular formula is C16H20N2O3. The topological polar surface area (TPSA) is 52.5 Å². The van der Waals surface area contributed by atoms with Gasteiger partial charge in [-0.25, -0.2) is 0 Å². The van der Waals surface area contributed by atoms with Crippen molar-refractivity contribution in [3.63, 3.8) is 0 Å². The van der Waals surface area contributed by atoms with E-state index < -0.39 is 0 Å². The molecule has 112 valence electrons. The summed E-state index contributed by atoms with van der Waals surface area (Å²) in [5.74, 6) is 1.42. The molecule has 2 aromatic rings. The summed E-state index contributed by atoms with van der Waals surface area (Å²) in [4.78, 5) is 11.6. The number of aromatic nitrogens is 1. The maximum absolute atomic E-state index is 11.6. The van der Waals surface area contributed by atoms with Gasteiger partial charge >= 0.3 is 0 Å². The highest BCUT2D eigenvalue weighted by Crippen LogP contribution is 2.30. The van der Waals surface area contributed by atoms with Gasteiger partial charge in [0, 0.05) is 24.4 Å². The van der Waals surface area contributed by atoms with Crippen molar-refractivity contribution in [3.8, 4) is 11.5 Å². The van der Waals surface area contributed by atoms with E-state index in [1.807, 2.05) is 31.3 Å². The Morgan fingerprint density at radius 3 is 2.76 bits per heavy atom. The van der Waals surface area contributed by atoms with Gasteiger partial charge in [0.15, 0.2) is 11.5 Å². The molecule has 0 saturated carbocycles. The van der Waals surface area contributed by atoms with Crippen molar-refractivity contribution in [2.24, 2.45) is 0 Å². The maximum Gasteiger partial charge on any atom is 0.250 e. The van der Waals surface area contributed by atoms with Gasteiger partial charge in [0.05, 0.1) is 13.7 Å². The molecule has 0 aliphatic rings. The Hall–Kier alpha value is -2.27. The van der Waals surface area contributed by atoms with Crippen molar-refractivity contribution in [1.29, 1.82) is 0 Å². The lowest BCUT2D eigenvalue weighted by Crippen LogP contribution is -2.21. The van der Waals surface area contributed by atoms with Gasteiger partial charge in [-0.2, -0.15) is 0 Å². The normalized spacial score (nSPS) is 10.4. The molecule has 0 unspecified atom stereocenters. The predicted molar refractivity (Wildman–Crippen MR) is 82.0 cm³/mol. The molecule has 1 aromatic heterocycles. The molecule has 0 saturated heterocycles. The summed E-state index contributed by atoms with van der Waals surface area (Å²) in [7, 11) is 3.50. The smallest absolute Gasteiger partial charge is 0.250 e. The fourth-order valence-corrected chi connectivity index (χ4v) is 2.11. The van der Waals surface area contributed by atoms with Crippen molar-refractivity contribution in [1.82, 2.24) is 9.88 Å². The first-order valence-corrected chi connectivity index (χ1v) is 6.85. The molecule has 5 heteroatoms. The fourth-order valence-electron chi connectivity index (χ4n) is 2.11. The van der Waals surface area contributed by atoms with Crippen LogP contribution in [0.25, 0.3) is 0 Å². The molecule has 0 aliphatic carbocycles. The Morgan fingerprint density at radius 2 is 2.05 bits per heavy atom. The summed E-state index contributed by atoms with van der Waals surface area (Å²) in [6.45, 7) is 1.59. The summed E-state index contributed by atoms with van der Waals surface area (Å²) >= 11 is 0. The second-order valence-corrected chi connectivity index (χ2v) is 4.56. The van der Waals surface area contributed by atoms with Gasteiger partial charge in [-0.15, -0.1) is 0 Å². The number of pyridine rings is 1. The second kappa shape index (κ2) is 7.50. The van der Waals surface area contributed by atoms with Gasteiger partial charge in [0.1, 0.15) is 6.61 Å². The molecule has 0 bridgehead atoms. The van der Waals surface area contributed by atoms with Crippen LogP contribution in [0.1, 0.15) is 5.56 Å². The SMILES string of the molecule is CNCc1cccc(OC)c1OCCn1ccccc1=O. The number of nitrogens with one attached hydrogen (secondary N) is 1. The third kappa shape index (κ3) is 3.86. The second-order valence-electron chi connectivity index (χ2n) is 4.56. The molecule has 1 heterocycles. The van der Waals surface area contributed by atoms with E-state index in [4.69, 9.17) is 9.47 Å². The largest absolute Gasteiger partial charge is 0.493 e. The Balaban J connectivity index is 2.09. The summed E-state index contributed by atoms with van der Waals surface area (Å²) < 4.78 is 12.8. The summed E-state index contributed by atoms with van der Waals surface area (Å²) in [6.07, 6.45) is 1.75. The molecule has 0 atom stereocenters. The van der Waals surface area contributed by atoms with Crippen LogP contribution in [0.15, 0.2) is 47.4 Å². The highest BCUT2D eigenvalue weighted by Gasteiger charge is 2.10. The van der Waals surface area contributed by atoms with E-state index in [1.165, 1.54) is 6.07 Å². The number of hydrogen-bond donors (Lipinski definition) is 1. The standard InChI is InChI=1S/C16H20N2O3/c1-17-12-13-6-5-7-14(20-2)16(13)21-11-10-18-9-4-3-8-15(18)19/h3-9,17H,10-12H2,1-2H3. The van der Waals surface area contributed by atoms with Crippen LogP contribution in [-0.2, 0) is 13.1 Å². The van der Waals surface area contributed by atoms with Crippen LogP contribution in [0.3, 0.4) is 0 Å². The minimum Gasteiger partial charge on any atom is -0.493 e. The van der Waals surface area contributed by atoms with E-state index in [0.717, 1.165) is 11.3 Å². The van der Waals surface area contributed by atoms with Crippen LogP contribution >= 0.6 is 0 Å². The minimum absolute atomic E-state index is 0.0309. The van der Waals surface area contributed by atoms with Crippen molar-refractivity contribution >= 4 is 0 Å². The van der Waals surface area contributed by atoms with E-state index in [0.29, 0.717) is 25.4 Å². The molecule has 1 aromatic carbocycles. The van der Waals surface area contributed by atoms with Crippen LogP contribution in [0.5, 0.6) is 11.5 Å². The van der Waals surface area contributed by atoms with Crippen LogP contribution in [-0.4, -0.2) is 25.3 Å². The highest BCUT2D eigenvalue weighted by atomic mass is 16.5. The molecule has 0 spiro atoms. The number of hydrogen-bond acceptors (Lipinski definition) is 4. The summed E-state index contributed by atoms with van der Waals surface area (Å²) in [6, 6.07) is 10.9. The quantitative estimate of drug-likeness (QED) is 0.842. The Kier molecular flexibility index (Phi) is 5.40. The van der Waals surface area contributed by atoms with Crippen molar-refractivity contribution in [2.75, 3.05) is 20.8 Å². The van der Waals surface area contributed by atoms with E-state index >= 15 is 0 Å². The first-order valence-electron chi connectivity index (χ1n) is 6.85. The number of benzene rings is 1. The van der Waals surface area contributed by atoms with E-state index in [1.54, 1.807) is 23.9 Å². The predicted octanol–water partition coefficient (Wildman–Crippen LogP) is 1.66. The van der Waals surface area contributed by atoms with Crippen molar-refractivity contribution in [2.45, 2.75) is 13.1 Å². The van der Waals surface area contributed by atoms with Gasteiger partial charge in [-0.1, -0.05) is 18.2 Å². The number of ether oxygens (including phenoxy) is 2. The average molecular weight is 288 g/mol. The fraction of sp³-hybridized carbons (Fsp3) is 0.312. The zero-order valence-corrected chi connectivity index (χ0v) is 12.3. The van der Waals surface area contributed by atoms with Gasteiger partial charge in [0.2, 0.25) is 0 Å². The van der Waals surface area contributed by atoms with E-state index in [2.05, 4.69) is 5.32 Å². The molecule has 0 amide bonds. The molecular weight excluding hydrogens is 268 g/mol. The van der Waals surface area contributed by atoms with Gasteiger partial charge in [-0.05, 0) is 19.2 Å². The third-order valence-electron chi connectivity index (χ3n) is 3.13. The summed E-state index contributed by atoms with van der Waals surface area (Å²) in [5.41, 5.74) is 0.994. The summed E-state index contributed by atoms with van der Waals surface area (Å²) in [5, 5.41) is 3.10. The van der Waals surface area contributed by atoms with E-state index in [-0.39, 0.29) is 5.56 Å². The number of para-hydroxylation sites is 1. The number of nitrogens with zero attached hydrogens (tertiary/aromatic N) is 1. The first kappa shape index (κ1) is 15.1. The van der Waals surface area contributed by atoms with E-state index in [9.17, 15) is 4.79 Å².